The first-order valence-corrected chi connectivity index (χ1v) is 27.6. The first kappa shape index (κ1) is 60.1. The number of ether oxygens (including phenoxy) is 5. The van der Waals surface area contributed by atoms with E-state index >= 15 is 0 Å². The molecule has 20 heteroatoms. The van der Waals surface area contributed by atoms with Gasteiger partial charge in [0.05, 0.1) is 63.9 Å². The van der Waals surface area contributed by atoms with Crippen molar-refractivity contribution >= 4 is 15.8 Å². The third-order valence-corrected chi connectivity index (χ3v) is 18.2. The smallest absolute Gasteiger partial charge is 0.309 e. The molecule has 18 nitrogen and oxygen atoms in total. The van der Waals surface area contributed by atoms with Crippen LogP contribution in [0.2, 0.25) is 0 Å². The Morgan fingerprint density at radius 3 is 2.24 bits per heavy atom. The normalized spacial score (nSPS) is 39.8. The number of nitrogens with zero attached hydrogens (tertiary/aromatic N) is 5. The van der Waals surface area contributed by atoms with Crippen LogP contribution in [0.5, 0.6) is 0 Å². The molecule has 0 amide bonds. The predicted octanol–water partition coefficient (Wildman–Crippen LogP) is 3.93. The van der Waals surface area contributed by atoms with Crippen LogP contribution in [-0.2, 0) is 51.2 Å². The van der Waals surface area contributed by atoms with Crippen molar-refractivity contribution in [1.29, 1.82) is 0 Å². The summed E-state index contributed by atoms with van der Waals surface area (Å²) in [5, 5.41) is 68.6. The van der Waals surface area contributed by atoms with E-state index in [1.165, 1.54) is 30.8 Å². The van der Waals surface area contributed by atoms with Gasteiger partial charge in [-0.1, -0.05) is 52.0 Å². The highest BCUT2D eigenvalue weighted by Gasteiger charge is 2.55. The Balaban J connectivity index is 1.43. The molecule has 1 aromatic heterocycles. The molecule has 1 unspecified atom stereocenters. The van der Waals surface area contributed by atoms with Crippen LogP contribution in [0.4, 0.5) is 4.39 Å². The Kier molecular flexibility index (Phi) is 20.5. The van der Waals surface area contributed by atoms with Crippen LogP contribution >= 0.6 is 0 Å². The fourth-order valence-corrected chi connectivity index (χ4v) is 12.6. The van der Waals surface area contributed by atoms with Crippen LogP contribution in [-0.4, -0.2) is 195 Å². The van der Waals surface area contributed by atoms with E-state index in [2.05, 4.69) is 10.3 Å². The Bertz CT molecular complexity index is 2150. The lowest BCUT2D eigenvalue weighted by atomic mass is 9.68. The minimum Gasteiger partial charge on any atom is -0.459 e. The molecule has 4 heterocycles. The summed E-state index contributed by atoms with van der Waals surface area (Å²) in [6.45, 7) is 19.4. The van der Waals surface area contributed by atoms with Gasteiger partial charge in [0, 0.05) is 57.2 Å². The Hall–Kier alpha value is -2.73. The third kappa shape index (κ3) is 13.6. The number of hydrogen-bond acceptors (Lipinski definition) is 17. The second-order valence-corrected chi connectivity index (χ2v) is 24.5. The van der Waals surface area contributed by atoms with E-state index in [9.17, 15) is 43.1 Å². The van der Waals surface area contributed by atoms with Gasteiger partial charge in [-0.3, -0.25) is 4.79 Å². The van der Waals surface area contributed by atoms with Gasteiger partial charge >= 0.3 is 5.97 Å². The molecule has 72 heavy (non-hydrogen) atoms. The monoisotopic (exact) mass is 1040 g/mol. The number of sulfone groups is 1. The minimum atomic E-state index is -3.37. The molecule has 0 radical (unpaired) electrons. The van der Waals surface area contributed by atoms with E-state index in [4.69, 9.17) is 23.7 Å². The highest BCUT2D eigenvalue weighted by molar-refractivity contribution is 7.91. The molecule has 19 atom stereocenters. The molecule has 3 aliphatic heterocycles. The lowest BCUT2D eigenvalue weighted by Gasteiger charge is -2.51. The van der Waals surface area contributed by atoms with Crippen molar-refractivity contribution in [2.45, 2.75) is 210 Å². The number of methoxy groups -OCH3 is 1. The van der Waals surface area contributed by atoms with E-state index in [-0.39, 0.29) is 42.2 Å². The molecule has 1 aromatic carbocycles. The Morgan fingerprint density at radius 1 is 0.986 bits per heavy atom. The van der Waals surface area contributed by atoms with Gasteiger partial charge in [-0.15, -0.1) is 5.10 Å². The van der Waals surface area contributed by atoms with Gasteiger partial charge in [-0.25, -0.2) is 17.5 Å². The van der Waals surface area contributed by atoms with E-state index in [0.717, 1.165) is 5.56 Å². The zero-order chi connectivity index (χ0) is 53.8. The maximum absolute atomic E-state index is 14.6. The molecule has 0 bridgehead atoms. The molecule has 5 rings (SSSR count). The maximum Gasteiger partial charge on any atom is 0.309 e. The molecular weight excluding hydrogens is 954 g/mol. The summed E-state index contributed by atoms with van der Waals surface area (Å²) in [6.07, 6.45) is -5.42. The Labute approximate surface area is 427 Å². The van der Waals surface area contributed by atoms with Crippen LogP contribution < -0.4 is 0 Å². The SMILES string of the molecule is CC[C@H]1OC(=O)[C@H](C)[C@@H](C2C[C@@](C)(OC)[C@@H](O)[C@H](C)O2)[C@H](C)[C@@H](O[C@@H]2O[C@H](C)C[C@H](N(C)CCc3cn([C@H](CF)Cc4ccc(S(=O)(=O)CC)cc4)nn3)[C@H]2O)[C@](C)(O)C[C@@H](C)CN(C)[C@H](C)[C@@H](O)[C@]1(C)O. The number of alkyl halides is 1. The second-order valence-electron chi connectivity index (χ2n) is 22.3. The van der Waals surface area contributed by atoms with E-state index in [0.29, 0.717) is 31.6 Å². The lowest BCUT2D eigenvalue weighted by Crippen LogP contribution is -2.62. The third-order valence-electron chi connectivity index (χ3n) is 16.4. The van der Waals surface area contributed by atoms with Crippen LogP contribution in [0.3, 0.4) is 0 Å². The lowest BCUT2D eigenvalue weighted by molar-refractivity contribution is -0.302. The van der Waals surface area contributed by atoms with Gasteiger partial charge in [-0.05, 0) is 111 Å². The number of cyclic esters (lactones) is 1. The Morgan fingerprint density at radius 2 is 1.64 bits per heavy atom. The van der Waals surface area contributed by atoms with Crippen LogP contribution in [0.15, 0.2) is 35.4 Å². The molecule has 2 aromatic rings. The molecular formula is C52H88FN5O13S. The topological polar surface area (TPSA) is 236 Å². The van der Waals surface area contributed by atoms with Crippen LogP contribution in [0.25, 0.3) is 0 Å². The molecule has 0 saturated carbocycles. The first-order valence-electron chi connectivity index (χ1n) is 25.9. The van der Waals surface area contributed by atoms with Gasteiger partial charge in [0.15, 0.2) is 16.1 Å². The number of likely N-dealkylation sites (N-methyl/N-ethyl adjacent to an activating group) is 2. The minimum absolute atomic E-state index is 0.0158. The van der Waals surface area contributed by atoms with Crippen LogP contribution in [0.1, 0.15) is 119 Å². The standard InChI is InChI=1S/C52H88FN5O13S/c1-15-42-52(11,64)45(60)34(7)57(13)28-30(3)25-50(9,63)47(32(5)43(33(6)48(62)70-42)41-26-51(10,67-14)46(61)35(8)69-41)71-49-44(59)40(23-31(4)68-49)56(12)22-21-37-29-58(55-54-37)38(27-53)24-36-17-19-39(20-18-36)72(65,66)16-2/h17-20,29-35,38,40-47,49,59-61,63-64H,15-16,21-28H2,1-14H3/t30-,31-,32+,33-,34-,35+,38+,40+,41?,42-,43+,44-,45-,46+,47-,49+,50-,51-,52-/m1/s1. The summed E-state index contributed by atoms with van der Waals surface area (Å²) in [5.41, 5.74) is -3.17. The summed E-state index contributed by atoms with van der Waals surface area (Å²) in [6, 6.07) is 4.72. The first-order chi connectivity index (χ1) is 33.5. The molecule has 412 valence electrons. The number of aliphatic hydroxyl groups is 5. The molecule has 0 aliphatic carbocycles. The second kappa shape index (κ2) is 24.5. The van der Waals surface area contributed by atoms with E-state index in [1.54, 1.807) is 66.8 Å². The number of rotatable bonds is 15. The molecule has 3 saturated heterocycles. The van der Waals surface area contributed by atoms with Gasteiger partial charge in [0.2, 0.25) is 0 Å². The quantitative estimate of drug-likeness (QED) is 0.159. The maximum atomic E-state index is 14.6. The average molecular weight is 1040 g/mol. The molecule has 3 aliphatic rings. The van der Waals surface area contributed by atoms with Crippen molar-refractivity contribution in [3.8, 4) is 0 Å². The van der Waals surface area contributed by atoms with E-state index < -0.39 is 130 Å². The van der Waals surface area contributed by atoms with Gasteiger partial charge in [-0.2, -0.15) is 0 Å². The van der Waals surface area contributed by atoms with Gasteiger partial charge < -0.3 is 59.0 Å². The number of halogens is 1. The summed E-state index contributed by atoms with van der Waals surface area (Å²) in [5.74, 6) is -3.30. The van der Waals surface area contributed by atoms with Crippen molar-refractivity contribution in [1.82, 2.24) is 24.8 Å². The molecule has 0 spiro atoms. The summed E-state index contributed by atoms with van der Waals surface area (Å²) >= 11 is 0. The van der Waals surface area contributed by atoms with E-state index in [1.807, 2.05) is 44.7 Å². The number of carbonyl (C=O) groups excluding carboxylic acids is 1. The largest absolute Gasteiger partial charge is 0.459 e. The van der Waals surface area contributed by atoms with Crippen molar-refractivity contribution < 1.29 is 66.8 Å². The summed E-state index contributed by atoms with van der Waals surface area (Å²) in [7, 11) is 1.86. The fourth-order valence-electron chi connectivity index (χ4n) is 11.8. The zero-order valence-electron chi connectivity index (χ0n) is 45.2. The zero-order valence-corrected chi connectivity index (χ0v) is 46.0. The van der Waals surface area contributed by atoms with Crippen molar-refractivity contribution in [3.63, 3.8) is 0 Å². The highest BCUT2D eigenvalue weighted by Crippen LogP contribution is 2.45. The van der Waals surface area contributed by atoms with Crippen molar-refractivity contribution in [2.75, 3.05) is 46.7 Å². The number of esters is 1. The number of aromatic nitrogens is 3. The fraction of sp³-hybridized carbons (Fsp3) is 0.827. The number of benzene rings is 1. The average Bonchev–Trinajstić information content (AvgIpc) is 3.81. The number of aliphatic hydroxyl groups excluding tert-OH is 3. The summed E-state index contributed by atoms with van der Waals surface area (Å²) < 4.78 is 72.7. The molecule has 3 fully saturated rings. The van der Waals surface area contributed by atoms with Crippen molar-refractivity contribution in [3.05, 3.63) is 41.7 Å². The van der Waals surface area contributed by atoms with Gasteiger partial charge in [0.1, 0.15) is 36.7 Å². The highest BCUT2D eigenvalue weighted by atomic mass is 32.2. The molecule has 5 N–H and O–H groups in total. The summed E-state index contributed by atoms with van der Waals surface area (Å²) in [4.78, 5) is 18.7. The van der Waals surface area contributed by atoms with Gasteiger partial charge in [0.25, 0.3) is 0 Å². The number of hydrogen-bond donors (Lipinski definition) is 5. The predicted molar refractivity (Wildman–Crippen MR) is 268 cm³/mol. The number of carbonyl (C=O) groups is 1. The van der Waals surface area contributed by atoms with Crippen LogP contribution in [0, 0.1) is 23.7 Å². The van der Waals surface area contributed by atoms with Crippen molar-refractivity contribution in [2.24, 2.45) is 23.7 Å².